The molecule has 0 spiro atoms. The monoisotopic (exact) mass is 279 g/mol. The molecule has 1 radical (unpaired) electrons. The first-order chi connectivity index (χ1) is 10.9. The van der Waals surface area contributed by atoms with Crippen molar-refractivity contribution in [3.63, 3.8) is 0 Å². The molecule has 0 unspecified atom stereocenters. The summed E-state index contributed by atoms with van der Waals surface area (Å²) in [6, 6.07) is 25.8. The van der Waals surface area contributed by atoms with E-state index in [1.807, 2.05) is 0 Å². The van der Waals surface area contributed by atoms with Crippen molar-refractivity contribution >= 4 is 29.2 Å². The molecule has 1 heterocycles. The Labute approximate surface area is 132 Å². The van der Waals surface area contributed by atoms with Gasteiger partial charge in [-0.1, -0.05) is 79.1 Å². The van der Waals surface area contributed by atoms with E-state index in [1.165, 1.54) is 33.0 Å². The van der Waals surface area contributed by atoms with Gasteiger partial charge in [-0.2, -0.15) is 0 Å². The molecule has 0 amide bonds. The molecule has 0 atom stereocenters. The molecule has 4 rings (SSSR count). The lowest BCUT2D eigenvalue weighted by Crippen LogP contribution is -1.98. The lowest BCUT2D eigenvalue weighted by molar-refractivity contribution is 1.55. The zero-order valence-electron chi connectivity index (χ0n) is 12.4. The van der Waals surface area contributed by atoms with Gasteiger partial charge < -0.3 is 0 Å². The van der Waals surface area contributed by atoms with E-state index in [4.69, 9.17) is 0 Å². The number of allylic oxidation sites excluding steroid dienone is 3. The van der Waals surface area contributed by atoms with Crippen molar-refractivity contribution in [2.75, 3.05) is 0 Å². The highest BCUT2D eigenvalue weighted by Gasteiger charge is 2.10. The van der Waals surface area contributed by atoms with Crippen LogP contribution in [0, 0.1) is 0 Å². The first-order valence-electron chi connectivity index (χ1n) is 7.69. The van der Waals surface area contributed by atoms with E-state index in [1.54, 1.807) is 0 Å². The largest absolute Gasteiger partial charge is 0.147 e. The maximum absolute atomic E-state index is 2.32. The van der Waals surface area contributed by atoms with Crippen molar-refractivity contribution in [3.8, 4) is 0 Å². The van der Waals surface area contributed by atoms with Crippen LogP contribution >= 0.6 is 0 Å². The van der Waals surface area contributed by atoms with Crippen molar-refractivity contribution in [3.05, 3.63) is 96.0 Å². The Balaban J connectivity index is 1.74. The fraction of sp³-hybridized carbons (Fsp3) is 0.0476. The van der Waals surface area contributed by atoms with E-state index in [0.717, 1.165) is 6.32 Å². The highest BCUT2D eigenvalue weighted by atomic mass is 14.1. The molecule has 22 heavy (non-hydrogen) atoms. The lowest BCUT2D eigenvalue weighted by atomic mass is 9.65. The fourth-order valence-electron chi connectivity index (χ4n) is 3.01. The first kappa shape index (κ1) is 13.2. The van der Waals surface area contributed by atoms with Gasteiger partial charge in [-0.15, -0.1) is 5.98 Å². The van der Waals surface area contributed by atoms with E-state index in [9.17, 15) is 0 Å². The minimum atomic E-state index is 0.995. The summed E-state index contributed by atoms with van der Waals surface area (Å²) in [4.78, 5) is 0. The van der Waals surface area contributed by atoms with Gasteiger partial charge in [0.15, 0.2) is 0 Å². The standard InChI is InChI=1S/C21H16B/c1-2-6-16(7-3-1)20-13-21(15-22-14-20)19-11-10-17-8-4-5-9-18(17)12-19/h1-14H,15H2. The average molecular weight is 279 g/mol. The Morgan fingerprint density at radius 1 is 0.682 bits per heavy atom. The maximum Gasteiger partial charge on any atom is 0.147 e. The van der Waals surface area contributed by atoms with Gasteiger partial charge in [0.1, 0.15) is 7.28 Å². The molecule has 0 bridgehead atoms. The van der Waals surface area contributed by atoms with Gasteiger partial charge in [0.05, 0.1) is 0 Å². The Kier molecular flexibility index (Phi) is 3.40. The van der Waals surface area contributed by atoms with E-state index in [-0.39, 0.29) is 0 Å². The summed E-state index contributed by atoms with van der Waals surface area (Å²) in [7, 11) is 2.26. The molecule has 1 aliphatic heterocycles. The van der Waals surface area contributed by atoms with Gasteiger partial charge in [-0.3, -0.25) is 0 Å². The quantitative estimate of drug-likeness (QED) is 0.551. The van der Waals surface area contributed by atoms with Crippen molar-refractivity contribution in [1.82, 2.24) is 0 Å². The Morgan fingerprint density at radius 2 is 1.45 bits per heavy atom. The van der Waals surface area contributed by atoms with Crippen LogP contribution in [-0.4, -0.2) is 7.28 Å². The molecule has 103 valence electrons. The minimum Gasteiger partial charge on any atom is -0.115 e. The third-order valence-electron chi connectivity index (χ3n) is 4.19. The summed E-state index contributed by atoms with van der Waals surface area (Å²) < 4.78 is 0. The second-order valence-electron chi connectivity index (χ2n) is 5.66. The van der Waals surface area contributed by atoms with Crippen LogP contribution in [0.2, 0.25) is 6.32 Å². The van der Waals surface area contributed by atoms with Crippen LogP contribution in [-0.2, 0) is 0 Å². The van der Waals surface area contributed by atoms with Crippen LogP contribution in [0.4, 0.5) is 0 Å². The van der Waals surface area contributed by atoms with Gasteiger partial charge in [0, 0.05) is 0 Å². The predicted molar refractivity (Wildman–Crippen MR) is 96.9 cm³/mol. The number of hydrogen-bond donors (Lipinski definition) is 0. The van der Waals surface area contributed by atoms with Gasteiger partial charge in [-0.25, -0.2) is 0 Å². The summed E-state index contributed by atoms with van der Waals surface area (Å²) in [6.07, 6.45) is 3.31. The van der Waals surface area contributed by atoms with Crippen LogP contribution in [0.15, 0.2) is 84.8 Å². The zero-order chi connectivity index (χ0) is 14.8. The Hall–Kier alpha value is -2.54. The Morgan fingerprint density at radius 3 is 2.32 bits per heavy atom. The highest BCUT2D eigenvalue weighted by Crippen LogP contribution is 2.30. The van der Waals surface area contributed by atoms with Crippen molar-refractivity contribution < 1.29 is 0 Å². The molecule has 1 heteroatoms. The molecule has 1 aliphatic rings. The molecule has 0 saturated heterocycles. The van der Waals surface area contributed by atoms with E-state index in [2.05, 4.69) is 92.1 Å². The van der Waals surface area contributed by atoms with E-state index >= 15 is 0 Å². The summed E-state index contributed by atoms with van der Waals surface area (Å²) in [5.41, 5.74) is 5.26. The first-order valence-corrected chi connectivity index (χ1v) is 7.69. The van der Waals surface area contributed by atoms with Crippen LogP contribution in [0.5, 0.6) is 0 Å². The molecule has 0 aliphatic carbocycles. The molecule has 0 nitrogen and oxygen atoms in total. The fourth-order valence-corrected chi connectivity index (χ4v) is 3.01. The number of benzene rings is 3. The van der Waals surface area contributed by atoms with E-state index in [0.29, 0.717) is 0 Å². The highest BCUT2D eigenvalue weighted by molar-refractivity contribution is 6.48. The molecule has 0 aromatic heterocycles. The minimum absolute atomic E-state index is 0.995. The van der Waals surface area contributed by atoms with E-state index < -0.39 is 0 Å². The van der Waals surface area contributed by atoms with Gasteiger partial charge in [-0.05, 0) is 39.1 Å². The smallest absolute Gasteiger partial charge is 0.115 e. The molecule has 0 N–H and O–H groups in total. The van der Waals surface area contributed by atoms with Crippen LogP contribution in [0.3, 0.4) is 0 Å². The number of rotatable bonds is 2. The van der Waals surface area contributed by atoms with Crippen molar-refractivity contribution in [1.29, 1.82) is 0 Å². The van der Waals surface area contributed by atoms with Crippen LogP contribution in [0.25, 0.3) is 21.9 Å². The number of fused-ring (bicyclic) bond motifs is 1. The normalized spacial score (nSPS) is 14.2. The predicted octanol–water partition coefficient (Wildman–Crippen LogP) is 5.40. The molecule has 3 aromatic rings. The average Bonchev–Trinajstić information content (AvgIpc) is 2.62. The topological polar surface area (TPSA) is 0 Å². The third-order valence-corrected chi connectivity index (χ3v) is 4.19. The van der Waals surface area contributed by atoms with Gasteiger partial charge in [0.25, 0.3) is 0 Å². The van der Waals surface area contributed by atoms with Crippen LogP contribution in [0.1, 0.15) is 11.1 Å². The molecule has 0 saturated carbocycles. The zero-order valence-corrected chi connectivity index (χ0v) is 12.4. The molecular formula is C21H16B. The number of hydrogen-bond acceptors (Lipinski definition) is 0. The summed E-state index contributed by atoms with van der Waals surface area (Å²) >= 11 is 0. The Bertz CT molecular complexity index is 873. The van der Waals surface area contributed by atoms with Gasteiger partial charge in [0.2, 0.25) is 0 Å². The summed E-state index contributed by atoms with van der Waals surface area (Å²) in [5, 5.41) is 2.60. The molecular weight excluding hydrogens is 263 g/mol. The summed E-state index contributed by atoms with van der Waals surface area (Å²) in [6.45, 7) is 0. The maximum atomic E-state index is 2.32. The third kappa shape index (κ3) is 2.51. The second kappa shape index (κ2) is 5.69. The second-order valence-corrected chi connectivity index (χ2v) is 5.66. The summed E-state index contributed by atoms with van der Waals surface area (Å²) in [5.74, 6) is 2.22. The molecule has 0 fully saturated rings. The lowest BCUT2D eigenvalue weighted by Gasteiger charge is -2.15. The van der Waals surface area contributed by atoms with Crippen LogP contribution < -0.4 is 0 Å². The van der Waals surface area contributed by atoms with Crippen molar-refractivity contribution in [2.45, 2.75) is 6.32 Å². The van der Waals surface area contributed by atoms with Crippen molar-refractivity contribution in [2.24, 2.45) is 0 Å². The van der Waals surface area contributed by atoms with Gasteiger partial charge >= 0.3 is 0 Å². The SMILES string of the molecule is [B]1C=C(c2ccccc2)C=C(c2ccc3ccccc3c2)C1. The molecule has 3 aromatic carbocycles.